The Kier molecular flexibility index (Phi) is 5.24. The zero-order valence-electron chi connectivity index (χ0n) is 5.44. The largest absolute Gasteiger partial charge is 0.293 e. The van der Waals surface area contributed by atoms with E-state index in [-0.39, 0.29) is 0 Å². The topological polar surface area (TPSA) is 17.1 Å². The number of carbonyl (C=O) groups is 1. The molecule has 0 fully saturated rings. The van der Waals surface area contributed by atoms with E-state index in [4.69, 9.17) is 0 Å². The molecule has 0 aliphatic heterocycles. The van der Waals surface area contributed by atoms with Gasteiger partial charge in [-0.3, -0.25) is 4.79 Å². The van der Waals surface area contributed by atoms with E-state index in [2.05, 4.69) is 31.4 Å². The maximum atomic E-state index is 10.0. The summed E-state index contributed by atoms with van der Waals surface area (Å²) in [6.07, 6.45) is 2.95. The Morgan fingerprint density at radius 1 is 1.67 bits per heavy atom. The Labute approximate surface area is 61.2 Å². The Balaban J connectivity index is 3.27. The zero-order valence-corrected chi connectivity index (χ0v) is 6.25. The lowest BCUT2D eigenvalue weighted by atomic mass is 10.3. The lowest BCUT2D eigenvalue weighted by Gasteiger charge is -1.81. The van der Waals surface area contributed by atoms with E-state index < -0.39 is 5.12 Å². The highest BCUT2D eigenvalue weighted by Crippen LogP contribution is 1.90. The van der Waals surface area contributed by atoms with Crippen LogP contribution in [0, 0.1) is 11.8 Å². The van der Waals surface area contributed by atoms with Crippen molar-refractivity contribution in [2.24, 2.45) is 0 Å². The van der Waals surface area contributed by atoms with Crippen LogP contribution in [-0.4, -0.2) is 5.12 Å². The maximum Gasteiger partial charge on any atom is 0.293 e. The first kappa shape index (κ1) is 8.45. The summed E-state index contributed by atoms with van der Waals surface area (Å²) in [5.74, 6) is 4.99. The zero-order chi connectivity index (χ0) is 7.11. The van der Waals surface area contributed by atoms with Crippen molar-refractivity contribution in [3.05, 3.63) is 0 Å². The summed E-state index contributed by atoms with van der Waals surface area (Å²) in [7, 11) is 0. The molecule has 1 radical (unpaired) electrons. The third-order valence-corrected chi connectivity index (χ3v) is 0.948. The molecule has 2 heteroatoms. The second kappa shape index (κ2) is 5.58. The molecule has 49 valence electrons. The summed E-state index contributed by atoms with van der Waals surface area (Å²) in [5, 5.41) is -0.453. The van der Waals surface area contributed by atoms with Crippen LogP contribution < -0.4 is 0 Å². The second-order valence-electron chi connectivity index (χ2n) is 1.69. The van der Waals surface area contributed by atoms with Gasteiger partial charge in [-0.05, 0) is 25.0 Å². The van der Waals surface area contributed by atoms with Gasteiger partial charge in [-0.2, -0.15) is 0 Å². The fraction of sp³-hybridized carbons (Fsp3) is 0.571. The molecule has 0 amide bonds. The van der Waals surface area contributed by atoms with Crippen LogP contribution in [-0.2, 0) is 4.79 Å². The lowest BCUT2D eigenvalue weighted by molar-refractivity contribution is -0.106. The first-order valence-electron chi connectivity index (χ1n) is 2.97. The molecule has 0 aliphatic carbocycles. The fourth-order valence-corrected chi connectivity index (χ4v) is 0.472. The van der Waals surface area contributed by atoms with Crippen molar-refractivity contribution in [3.8, 4) is 11.8 Å². The van der Waals surface area contributed by atoms with Crippen molar-refractivity contribution in [1.29, 1.82) is 0 Å². The van der Waals surface area contributed by atoms with Gasteiger partial charge in [0.25, 0.3) is 5.12 Å². The van der Waals surface area contributed by atoms with Gasteiger partial charge in [-0.15, -0.1) is 0 Å². The second-order valence-corrected chi connectivity index (χ2v) is 2.06. The van der Waals surface area contributed by atoms with Gasteiger partial charge in [-0.1, -0.05) is 19.3 Å². The Hall–Kier alpha value is -0.550. The van der Waals surface area contributed by atoms with Gasteiger partial charge in [0.05, 0.1) is 0 Å². The van der Waals surface area contributed by atoms with Gasteiger partial charge in [-0.25, -0.2) is 0 Å². The number of hydrogen-bond donors (Lipinski definition) is 0. The minimum Gasteiger partial charge on any atom is -0.267 e. The van der Waals surface area contributed by atoms with Gasteiger partial charge in [0.2, 0.25) is 0 Å². The molecule has 9 heavy (non-hydrogen) atoms. The van der Waals surface area contributed by atoms with Crippen molar-refractivity contribution in [2.45, 2.75) is 26.2 Å². The summed E-state index contributed by atoms with van der Waals surface area (Å²) in [5.41, 5.74) is 0. The first-order valence-corrected chi connectivity index (χ1v) is 3.38. The molecule has 0 saturated carbocycles. The normalized spacial score (nSPS) is 7.67. The summed E-state index contributed by atoms with van der Waals surface area (Å²) >= 11 is 4.22. The van der Waals surface area contributed by atoms with E-state index in [1.807, 2.05) is 0 Å². The predicted octanol–water partition coefficient (Wildman–Crippen LogP) is 1.90. The van der Waals surface area contributed by atoms with Crippen LogP contribution in [0.4, 0.5) is 0 Å². The number of rotatable bonds is 2. The summed E-state index contributed by atoms with van der Waals surface area (Å²) in [6.45, 7) is 2.08. The Morgan fingerprint density at radius 3 is 2.78 bits per heavy atom. The smallest absolute Gasteiger partial charge is 0.267 e. The monoisotopic (exact) mass is 141 g/mol. The van der Waals surface area contributed by atoms with Gasteiger partial charge < -0.3 is 0 Å². The van der Waals surface area contributed by atoms with Crippen molar-refractivity contribution < 1.29 is 4.79 Å². The minimum absolute atomic E-state index is 0.453. The molecule has 0 rings (SSSR count). The van der Waals surface area contributed by atoms with Gasteiger partial charge in [0.15, 0.2) is 0 Å². The summed E-state index contributed by atoms with van der Waals surface area (Å²) < 4.78 is 0. The predicted molar refractivity (Wildman–Crippen MR) is 39.9 cm³/mol. The summed E-state index contributed by atoms with van der Waals surface area (Å²) in [4.78, 5) is 10.0. The average molecular weight is 141 g/mol. The van der Waals surface area contributed by atoms with Crippen LogP contribution in [0.15, 0.2) is 0 Å². The lowest BCUT2D eigenvalue weighted by Crippen LogP contribution is -1.75. The van der Waals surface area contributed by atoms with Crippen LogP contribution in [0.5, 0.6) is 0 Å². The molecule has 0 N–H and O–H groups in total. The van der Waals surface area contributed by atoms with Crippen LogP contribution in [0.2, 0.25) is 0 Å². The third-order valence-electron chi connectivity index (χ3n) is 0.846. The first-order chi connectivity index (χ1) is 4.27. The third kappa shape index (κ3) is 7.45. The molecule has 0 heterocycles. The summed E-state index contributed by atoms with van der Waals surface area (Å²) in [6, 6.07) is 0. The van der Waals surface area contributed by atoms with Crippen molar-refractivity contribution in [2.75, 3.05) is 0 Å². The van der Waals surface area contributed by atoms with Crippen LogP contribution >= 0.6 is 12.6 Å². The highest BCUT2D eigenvalue weighted by atomic mass is 32.1. The van der Waals surface area contributed by atoms with Gasteiger partial charge in [0.1, 0.15) is 0 Å². The van der Waals surface area contributed by atoms with Crippen molar-refractivity contribution >= 4 is 17.7 Å². The SMILES string of the molecule is CCCCC#CC(=O)[S]. The van der Waals surface area contributed by atoms with Crippen LogP contribution in [0.25, 0.3) is 0 Å². The quantitative estimate of drug-likeness (QED) is 0.424. The maximum absolute atomic E-state index is 10.0. The highest BCUT2D eigenvalue weighted by molar-refractivity contribution is 7.97. The molecule has 0 aromatic rings. The van der Waals surface area contributed by atoms with Crippen LogP contribution in [0.1, 0.15) is 26.2 Å². The van der Waals surface area contributed by atoms with Crippen LogP contribution in [0.3, 0.4) is 0 Å². The van der Waals surface area contributed by atoms with E-state index >= 15 is 0 Å². The van der Waals surface area contributed by atoms with Gasteiger partial charge >= 0.3 is 0 Å². The van der Waals surface area contributed by atoms with E-state index in [1.165, 1.54) is 0 Å². The Bertz CT molecular complexity index is 141. The standard InChI is InChI=1S/C7H9OS/c1-2-3-4-5-6-7(8)9/h2-4H2,1H3. The molecule has 1 nitrogen and oxygen atoms in total. The molecule has 0 aromatic heterocycles. The molecule has 0 aromatic carbocycles. The number of carbonyl (C=O) groups excluding carboxylic acids is 1. The van der Waals surface area contributed by atoms with Gasteiger partial charge in [0, 0.05) is 6.42 Å². The van der Waals surface area contributed by atoms with Crippen molar-refractivity contribution in [1.82, 2.24) is 0 Å². The minimum atomic E-state index is -0.453. The Morgan fingerprint density at radius 2 is 2.33 bits per heavy atom. The molecule has 0 atom stereocenters. The molecule has 0 spiro atoms. The van der Waals surface area contributed by atoms with E-state index in [0.717, 1.165) is 19.3 Å². The molecule has 0 saturated heterocycles. The number of unbranched alkanes of at least 4 members (excludes halogenated alkanes) is 2. The van der Waals surface area contributed by atoms with E-state index in [9.17, 15) is 4.79 Å². The molecule has 0 unspecified atom stereocenters. The van der Waals surface area contributed by atoms with Crippen molar-refractivity contribution in [3.63, 3.8) is 0 Å². The molecular weight excluding hydrogens is 132 g/mol. The number of hydrogen-bond acceptors (Lipinski definition) is 1. The molecular formula is C7H9OS. The molecule has 0 aliphatic rings. The molecule has 0 bridgehead atoms. The van der Waals surface area contributed by atoms with E-state index in [0.29, 0.717) is 0 Å². The fourth-order valence-electron chi connectivity index (χ4n) is 0.400. The van der Waals surface area contributed by atoms with E-state index in [1.54, 1.807) is 0 Å². The highest BCUT2D eigenvalue weighted by Gasteiger charge is 1.81. The average Bonchev–Trinajstić information content (AvgIpc) is 1.80.